The second kappa shape index (κ2) is 6.41. The fourth-order valence-electron chi connectivity index (χ4n) is 4.89. The van der Waals surface area contributed by atoms with E-state index in [1.165, 1.54) is 64.2 Å². The zero-order valence-electron chi connectivity index (χ0n) is 14.8. The normalized spacial score (nSPS) is 27.9. The van der Waals surface area contributed by atoms with Crippen LogP contribution in [0.5, 0.6) is 0 Å². The SMILES string of the molecule is CCCC(C1CCC(C)(C)CC1)C1CCC(C)(C)CC1. The second-order valence-corrected chi connectivity index (χ2v) is 9.46. The minimum absolute atomic E-state index is 0.627. The van der Waals surface area contributed by atoms with E-state index in [2.05, 4.69) is 34.6 Å². The first-order valence-electron chi connectivity index (χ1n) is 9.33. The molecule has 0 atom stereocenters. The molecule has 0 amide bonds. The van der Waals surface area contributed by atoms with Crippen molar-refractivity contribution in [2.45, 2.75) is 98.8 Å². The molecule has 2 aliphatic carbocycles. The van der Waals surface area contributed by atoms with Gasteiger partial charge in [0.2, 0.25) is 0 Å². The third kappa shape index (κ3) is 4.25. The van der Waals surface area contributed by atoms with Gasteiger partial charge < -0.3 is 0 Å². The Morgan fingerprint density at radius 1 is 0.750 bits per heavy atom. The molecule has 118 valence electrons. The molecule has 0 radical (unpaired) electrons. The summed E-state index contributed by atoms with van der Waals surface area (Å²) in [6.07, 6.45) is 14.8. The maximum absolute atomic E-state index is 2.47. The molecule has 0 aliphatic heterocycles. The van der Waals surface area contributed by atoms with Crippen LogP contribution in [0.15, 0.2) is 0 Å². The molecule has 0 aromatic heterocycles. The molecule has 0 heterocycles. The van der Waals surface area contributed by atoms with Gasteiger partial charge in [0.15, 0.2) is 0 Å². The summed E-state index contributed by atoms with van der Waals surface area (Å²) in [6.45, 7) is 12.3. The zero-order valence-corrected chi connectivity index (χ0v) is 14.8. The lowest BCUT2D eigenvalue weighted by atomic mass is 9.61. The number of hydrogen-bond donors (Lipinski definition) is 0. The van der Waals surface area contributed by atoms with Gasteiger partial charge in [0, 0.05) is 0 Å². The highest BCUT2D eigenvalue weighted by Crippen LogP contribution is 2.48. The summed E-state index contributed by atoms with van der Waals surface area (Å²) in [6, 6.07) is 0. The van der Waals surface area contributed by atoms with E-state index in [1.54, 1.807) is 0 Å². The molecule has 2 fully saturated rings. The van der Waals surface area contributed by atoms with Crippen molar-refractivity contribution in [3.8, 4) is 0 Å². The Kier molecular flexibility index (Phi) is 5.24. The van der Waals surface area contributed by atoms with Crippen molar-refractivity contribution in [3.05, 3.63) is 0 Å². The van der Waals surface area contributed by atoms with Crippen LogP contribution < -0.4 is 0 Å². The molecule has 2 rings (SSSR count). The largest absolute Gasteiger partial charge is 0.0654 e. The van der Waals surface area contributed by atoms with Crippen LogP contribution in [-0.4, -0.2) is 0 Å². The molecular weight excluding hydrogens is 240 g/mol. The predicted octanol–water partition coefficient (Wildman–Crippen LogP) is 6.84. The van der Waals surface area contributed by atoms with Gasteiger partial charge in [-0.25, -0.2) is 0 Å². The highest BCUT2D eigenvalue weighted by Gasteiger charge is 2.37. The molecule has 0 unspecified atom stereocenters. The summed E-state index contributed by atoms with van der Waals surface area (Å²) >= 11 is 0. The van der Waals surface area contributed by atoms with Crippen LogP contribution in [0.1, 0.15) is 98.8 Å². The Morgan fingerprint density at radius 2 is 1.10 bits per heavy atom. The van der Waals surface area contributed by atoms with Gasteiger partial charge in [-0.15, -0.1) is 0 Å². The van der Waals surface area contributed by atoms with Crippen LogP contribution in [0, 0.1) is 28.6 Å². The lowest BCUT2D eigenvalue weighted by Crippen LogP contribution is -2.33. The lowest BCUT2D eigenvalue weighted by Gasteiger charge is -2.44. The van der Waals surface area contributed by atoms with Crippen molar-refractivity contribution in [1.29, 1.82) is 0 Å². The maximum atomic E-state index is 2.47. The van der Waals surface area contributed by atoms with E-state index in [-0.39, 0.29) is 0 Å². The minimum Gasteiger partial charge on any atom is -0.0654 e. The molecule has 2 aliphatic rings. The van der Waals surface area contributed by atoms with Crippen molar-refractivity contribution in [3.63, 3.8) is 0 Å². The van der Waals surface area contributed by atoms with Gasteiger partial charge in [-0.2, -0.15) is 0 Å². The molecule has 0 saturated heterocycles. The Balaban J connectivity index is 1.94. The Morgan fingerprint density at radius 3 is 1.40 bits per heavy atom. The quantitative estimate of drug-likeness (QED) is 0.528. The first kappa shape index (κ1) is 16.4. The third-order valence-corrected chi connectivity index (χ3v) is 6.60. The molecule has 0 heteroatoms. The lowest BCUT2D eigenvalue weighted by molar-refractivity contribution is 0.0694. The monoisotopic (exact) mass is 278 g/mol. The van der Waals surface area contributed by atoms with Crippen molar-refractivity contribution >= 4 is 0 Å². The minimum atomic E-state index is 0.627. The Bertz CT molecular complexity index is 251. The average molecular weight is 279 g/mol. The standard InChI is InChI=1S/C20H38/c1-6-7-18(16-8-12-19(2,3)13-9-16)17-10-14-20(4,5)15-11-17/h16-18H,6-15H2,1-5H3. The number of hydrogen-bond acceptors (Lipinski definition) is 0. The van der Waals surface area contributed by atoms with Crippen molar-refractivity contribution in [1.82, 2.24) is 0 Å². The molecule has 0 bridgehead atoms. The van der Waals surface area contributed by atoms with E-state index in [4.69, 9.17) is 0 Å². The molecule has 20 heavy (non-hydrogen) atoms. The highest BCUT2D eigenvalue weighted by atomic mass is 14.4. The fraction of sp³-hybridized carbons (Fsp3) is 1.00. The van der Waals surface area contributed by atoms with Gasteiger partial charge in [0.05, 0.1) is 0 Å². The van der Waals surface area contributed by atoms with E-state index in [0.29, 0.717) is 10.8 Å². The van der Waals surface area contributed by atoms with Crippen molar-refractivity contribution in [2.24, 2.45) is 28.6 Å². The van der Waals surface area contributed by atoms with Crippen LogP contribution >= 0.6 is 0 Å². The van der Waals surface area contributed by atoms with Gasteiger partial charge >= 0.3 is 0 Å². The van der Waals surface area contributed by atoms with Gasteiger partial charge in [-0.05, 0) is 80.0 Å². The van der Waals surface area contributed by atoms with Gasteiger partial charge in [-0.3, -0.25) is 0 Å². The maximum Gasteiger partial charge on any atom is -0.0354 e. The van der Waals surface area contributed by atoms with Crippen molar-refractivity contribution in [2.75, 3.05) is 0 Å². The average Bonchev–Trinajstić information content (AvgIpc) is 2.37. The van der Waals surface area contributed by atoms with E-state index >= 15 is 0 Å². The van der Waals surface area contributed by atoms with E-state index in [0.717, 1.165) is 17.8 Å². The van der Waals surface area contributed by atoms with E-state index in [1.807, 2.05) is 0 Å². The first-order valence-corrected chi connectivity index (χ1v) is 9.33. The third-order valence-electron chi connectivity index (χ3n) is 6.60. The molecule has 2 saturated carbocycles. The molecule has 0 nitrogen and oxygen atoms in total. The van der Waals surface area contributed by atoms with Crippen molar-refractivity contribution < 1.29 is 0 Å². The molecule has 0 spiro atoms. The van der Waals surface area contributed by atoms with Gasteiger partial charge in [0.25, 0.3) is 0 Å². The second-order valence-electron chi connectivity index (χ2n) is 9.46. The molecule has 0 aromatic rings. The first-order chi connectivity index (χ1) is 9.33. The van der Waals surface area contributed by atoms with Crippen LogP contribution in [0.3, 0.4) is 0 Å². The highest BCUT2D eigenvalue weighted by molar-refractivity contribution is 4.88. The molecular formula is C20H38. The smallest absolute Gasteiger partial charge is 0.0354 e. The van der Waals surface area contributed by atoms with Gasteiger partial charge in [0.1, 0.15) is 0 Å². The van der Waals surface area contributed by atoms with E-state index in [9.17, 15) is 0 Å². The summed E-state index contributed by atoms with van der Waals surface area (Å²) in [5.41, 5.74) is 1.25. The summed E-state index contributed by atoms with van der Waals surface area (Å²) < 4.78 is 0. The Hall–Kier alpha value is 0. The Labute approximate surface area is 128 Å². The zero-order chi connectivity index (χ0) is 14.8. The number of rotatable bonds is 4. The van der Waals surface area contributed by atoms with Crippen LogP contribution in [0.2, 0.25) is 0 Å². The molecule has 0 N–H and O–H groups in total. The summed E-state index contributed by atoms with van der Waals surface area (Å²) in [5, 5.41) is 0. The predicted molar refractivity (Wildman–Crippen MR) is 89.9 cm³/mol. The topological polar surface area (TPSA) is 0 Å². The van der Waals surface area contributed by atoms with Gasteiger partial charge in [-0.1, -0.05) is 47.5 Å². The van der Waals surface area contributed by atoms with E-state index < -0.39 is 0 Å². The summed E-state index contributed by atoms with van der Waals surface area (Å²) in [5.74, 6) is 3.15. The van der Waals surface area contributed by atoms with Crippen LogP contribution in [0.4, 0.5) is 0 Å². The fourth-order valence-corrected chi connectivity index (χ4v) is 4.89. The summed E-state index contributed by atoms with van der Waals surface area (Å²) in [7, 11) is 0. The van der Waals surface area contributed by atoms with Crippen LogP contribution in [-0.2, 0) is 0 Å². The van der Waals surface area contributed by atoms with Crippen LogP contribution in [0.25, 0.3) is 0 Å². The molecule has 0 aromatic carbocycles. The summed E-state index contributed by atoms with van der Waals surface area (Å²) in [4.78, 5) is 0.